The van der Waals surface area contributed by atoms with Gasteiger partial charge in [-0.05, 0) is 30.5 Å². The number of hydrogen-bond donors (Lipinski definition) is 3. The standard InChI is InChI=1S/C19H25N5O4/c1-28-15-4-2-3-13(9-15)10-18(26)22-16-11-14(12-17(16)25)19(27)20-5-7-24-8-6-21-23-24/h2-4,6,8-9,14,16-17,25H,5,7,10-12H2,1H3,(H,20,27)(H,22,26)/t14-,16-,17-/m0/s1. The van der Waals surface area contributed by atoms with Crippen LogP contribution in [0.25, 0.3) is 0 Å². The van der Waals surface area contributed by atoms with Crippen LogP contribution in [-0.2, 0) is 22.6 Å². The molecule has 0 bridgehead atoms. The molecule has 28 heavy (non-hydrogen) atoms. The summed E-state index contributed by atoms with van der Waals surface area (Å²) < 4.78 is 6.79. The Labute approximate surface area is 163 Å². The quantitative estimate of drug-likeness (QED) is 0.582. The number of carbonyl (C=O) groups excluding carboxylic acids is 2. The van der Waals surface area contributed by atoms with Gasteiger partial charge in [0.2, 0.25) is 11.8 Å². The van der Waals surface area contributed by atoms with Crippen molar-refractivity contribution in [3.05, 3.63) is 42.2 Å². The van der Waals surface area contributed by atoms with Gasteiger partial charge in [-0.1, -0.05) is 17.3 Å². The predicted octanol–water partition coefficient (Wildman–Crippen LogP) is -0.0987. The summed E-state index contributed by atoms with van der Waals surface area (Å²) in [6.07, 6.45) is 3.50. The molecule has 3 atom stereocenters. The summed E-state index contributed by atoms with van der Waals surface area (Å²) >= 11 is 0. The topological polar surface area (TPSA) is 118 Å². The van der Waals surface area contributed by atoms with Gasteiger partial charge in [-0.15, -0.1) is 5.10 Å². The van der Waals surface area contributed by atoms with E-state index >= 15 is 0 Å². The molecule has 9 heteroatoms. The lowest BCUT2D eigenvalue weighted by atomic mass is 10.1. The Hall–Kier alpha value is -2.94. The summed E-state index contributed by atoms with van der Waals surface area (Å²) in [6, 6.07) is 6.86. The van der Waals surface area contributed by atoms with Crippen LogP contribution in [-0.4, -0.2) is 57.7 Å². The van der Waals surface area contributed by atoms with Crippen molar-refractivity contribution in [3.8, 4) is 5.75 Å². The first-order valence-electron chi connectivity index (χ1n) is 9.27. The van der Waals surface area contributed by atoms with Crippen molar-refractivity contribution in [2.45, 2.75) is 38.0 Å². The number of benzene rings is 1. The maximum Gasteiger partial charge on any atom is 0.224 e. The summed E-state index contributed by atoms with van der Waals surface area (Å²) in [5.74, 6) is 0.0509. The van der Waals surface area contributed by atoms with E-state index in [-0.39, 0.29) is 24.2 Å². The number of hydrogen-bond acceptors (Lipinski definition) is 6. The average molecular weight is 387 g/mol. The Morgan fingerprint density at radius 2 is 2.21 bits per heavy atom. The van der Waals surface area contributed by atoms with Crippen molar-refractivity contribution >= 4 is 11.8 Å². The zero-order valence-electron chi connectivity index (χ0n) is 15.7. The minimum Gasteiger partial charge on any atom is -0.497 e. The number of aliphatic hydroxyl groups excluding tert-OH is 1. The SMILES string of the molecule is COc1cccc(CC(=O)N[C@H]2C[C@H](C(=O)NCCn3ccnn3)C[C@@H]2O)c1. The van der Waals surface area contributed by atoms with E-state index in [4.69, 9.17) is 4.74 Å². The van der Waals surface area contributed by atoms with Crippen LogP contribution < -0.4 is 15.4 Å². The van der Waals surface area contributed by atoms with E-state index in [0.29, 0.717) is 31.7 Å². The van der Waals surface area contributed by atoms with Crippen molar-refractivity contribution < 1.29 is 19.4 Å². The van der Waals surface area contributed by atoms with E-state index in [1.54, 1.807) is 30.3 Å². The fourth-order valence-corrected chi connectivity index (χ4v) is 3.40. The first-order chi connectivity index (χ1) is 13.5. The van der Waals surface area contributed by atoms with Gasteiger partial charge in [-0.25, -0.2) is 0 Å². The maximum atomic E-state index is 12.3. The Kier molecular flexibility index (Phi) is 6.59. The van der Waals surface area contributed by atoms with Crippen molar-refractivity contribution in [2.24, 2.45) is 5.92 Å². The van der Waals surface area contributed by atoms with E-state index in [2.05, 4.69) is 20.9 Å². The zero-order chi connectivity index (χ0) is 19.9. The van der Waals surface area contributed by atoms with Crippen LogP contribution in [0.5, 0.6) is 5.75 Å². The summed E-state index contributed by atoms with van der Waals surface area (Å²) in [7, 11) is 1.57. The molecule has 1 aromatic carbocycles. The molecule has 1 aliphatic rings. The minimum absolute atomic E-state index is 0.122. The van der Waals surface area contributed by atoms with Crippen molar-refractivity contribution in [1.29, 1.82) is 0 Å². The molecule has 1 saturated carbocycles. The summed E-state index contributed by atoms with van der Waals surface area (Å²) in [5.41, 5.74) is 0.826. The monoisotopic (exact) mass is 387 g/mol. The van der Waals surface area contributed by atoms with Gasteiger partial charge < -0.3 is 20.5 Å². The highest BCUT2D eigenvalue weighted by Gasteiger charge is 2.37. The molecule has 0 unspecified atom stereocenters. The average Bonchev–Trinajstić information content (AvgIpc) is 3.32. The van der Waals surface area contributed by atoms with Gasteiger partial charge in [0, 0.05) is 18.7 Å². The van der Waals surface area contributed by atoms with Crippen LogP contribution in [0, 0.1) is 5.92 Å². The second-order valence-corrected chi connectivity index (χ2v) is 6.90. The second-order valence-electron chi connectivity index (χ2n) is 6.90. The third-order valence-corrected chi connectivity index (χ3v) is 4.86. The van der Waals surface area contributed by atoms with E-state index in [9.17, 15) is 14.7 Å². The van der Waals surface area contributed by atoms with Crippen LogP contribution in [0.2, 0.25) is 0 Å². The molecule has 2 aromatic rings. The first kappa shape index (κ1) is 19.8. The highest BCUT2D eigenvalue weighted by atomic mass is 16.5. The van der Waals surface area contributed by atoms with Gasteiger partial charge in [-0.2, -0.15) is 0 Å². The van der Waals surface area contributed by atoms with Crippen LogP contribution in [0.3, 0.4) is 0 Å². The van der Waals surface area contributed by atoms with Crippen LogP contribution >= 0.6 is 0 Å². The van der Waals surface area contributed by atoms with E-state index in [1.165, 1.54) is 0 Å². The molecule has 3 rings (SSSR count). The van der Waals surface area contributed by atoms with Gasteiger partial charge in [0.1, 0.15) is 5.75 Å². The smallest absolute Gasteiger partial charge is 0.224 e. The second kappa shape index (κ2) is 9.32. The molecule has 0 radical (unpaired) electrons. The number of nitrogens with zero attached hydrogens (tertiary/aromatic N) is 3. The molecule has 2 amide bonds. The van der Waals surface area contributed by atoms with E-state index in [0.717, 1.165) is 5.56 Å². The van der Waals surface area contributed by atoms with Crippen molar-refractivity contribution in [1.82, 2.24) is 25.6 Å². The van der Waals surface area contributed by atoms with Gasteiger partial charge in [0.15, 0.2) is 0 Å². The molecule has 3 N–H and O–H groups in total. The third-order valence-electron chi connectivity index (χ3n) is 4.86. The van der Waals surface area contributed by atoms with Gasteiger partial charge in [0.05, 0.1) is 38.4 Å². The highest BCUT2D eigenvalue weighted by Crippen LogP contribution is 2.26. The molecule has 1 fully saturated rings. The number of aromatic nitrogens is 3. The number of amides is 2. The van der Waals surface area contributed by atoms with E-state index < -0.39 is 12.1 Å². The van der Waals surface area contributed by atoms with Crippen molar-refractivity contribution in [2.75, 3.05) is 13.7 Å². The Morgan fingerprint density at radius 3 is 2.96 bits per heavy atom. The van der Waals surface area contributed by atoms with Gasteiger partial charge in [-0.3, -0.25) is 14.3 Å². The molecule has 0 aliphatic heterocycles. The lowest BCUT2D eigenvalue weighted by molar-refractivity contribution is -0.125. The molecule has 0 saturated heterocycles. The Bertz CT molecular complexity index is 795. The largest absolute Gasteiger partial charge is 0.497 e. The molecule has 150 valence electrons. The number of rotatable bonds is 8. The van der Waals surface area contributed by atoms with Crippen LogP contribution in [0.4, 0.5) is 0 Å². The number of ether oxygens (including phenoxy) is 1. The molecular weight excluding hydrogens is 362 g/mol. The number of carbonyl (C=O) groups is 2. The minimum atomic E-state index is -0.736. The van der Waals surface area contributed by atoms with Gasteiger partial charge >= 0.3 is 0 Å². The van der Waals surface area contributed by atoms with E-state index in [1.807, 2.05) is 18.2 Å². The third kappa shape index (κ3) is 5.29. The zero-order valence-corrected chi connectivity index (χ0v) is 15.7. The fourth-order valence-electron chi connectivity index (χ4n) is 3.40. The molecule has 1 aliphatic carbocycles. The first-order valence-corrected chi connectivity index (χ1v) is 9.27. The van der Waals surface area contributed by atoms with Crippen LogP contribution in [0.1, 0.15) is 18.4 Å². The van der Waals surface area contributed by atoms with Crippen LogP contribution in [0.15, 0.2) is 36.7 Å². The number of nitrogens with one attached hydrogen (secondary N) is 2. The van der Waals surface area contributed by atoms with Gasteiger partial charge in [0.25, 0.3) is 0 Å². The maximum absolute atomic E-state index is 12.3. The lowest BCUT2D eigenvalue weighted by Crippen LogP contribution is -2.40. The summed E-state index contributed by atoms with van der Waals surface area (Å²) in [4.78, 5) is 24.6. The number of methoxy groups -OCH3 is 1. The Balaban J connectivity index is 1.44. The molecule has 0 spiro atoms. The molecular formula is C19H25N5O4. The normalized spacial score (nSPS) is 21.3. The fraction of sp³-hybridized carbons (Fsp3) is 0.474. The summed E-state index contributed by atoms with van der Waals surface area (Å²) in [5, 5.41) is 23.5. The highest BCUT2D eigenvalue weighted by molar-refractivity contribution is 5.81. The lowest BCUT2D eigenvalue weighted by Gasteiger charge is -2.16. The summed E-state index contributed by atoms with van der Waals surface area (Å²) in [6.45, 7) is 0.962. The molecule has 1 heterocycles. The Morgan fingerprint density at radius 1 is 1.36 bits per heavy atom. The predicted molar refractivity (Wildman–Crippen MR) is 100 cm³/mol. The molecule has 1 aromatic heterocycles. The molecule has 9 nitrogen and oxygen atoms in total. The number of aliphatic hydroxyl groups is 1. The van der Waals surface area contributed by atoms with Crippen molar-refractivity contribution in [3.63, 3.8) is 0 Å².